The first-order valence-electron chi connectivity index (χ1n) is 6.30. The fourth-order valence-corrected chi connectivity index (χ4v) is 2.72. The van der Waals surface area contributed by atoms with E-state index in [9.17, 15) is 18.0 Å². The van der Waals surface area contributed by atoms with Crippen LogP contribution in [0.2, 0.25) is 0 Å². The monoisotopic (exact) mass is 323 g/mol. The van der Waals surface area contributed by atoms with Gasteiger partial charge < -0.3 is 9.52 Å². The average molecular weight is 323 g/mol. The highest BCUT2D eigenvalue weighted by Gasteiger charge is 2.17. The summed E-state index contributed by atoms with van der Waals surface area (Å²) >= 11 is 0. The number of carboxylic acids is 1. The van der Waals surface area contributed by atoms with Gasteiger partial charge in [0.05, 0.1) is 12.7 Å². The first-order valence-corrected chi connectivity index (χ1v) is 7.78. The molecule has 0 atom stereocenters. The van der Waals surface area contributed by atoms with Gasteiger partial charge in [0.1, 0.15) is 0 Å². The SMILES string of the molecule is O=C(O)CCC(=O)c1cccc(NS(=O)(=O)c2ccco2)c1. The number of Topliss-reactive ketones (excluding diaryl/α,β-unsaturated/α-hetero) is 1. The van der Waals surface area contributed by atoms with Gasteiger partial charge in [0.2, 0.25) is 5.09 Å². The van der Waals surface area contributed by atoms with Crippen molar-refractivity contribution in [2.24, 2.45) is 0 Å². The molecule has 0 unspecified atom stereocenters. The molecular formula is C14H13NO6S. The maximum Gasteiger partial charge on any atom is 0.303 e. The van der Waals surface area contributed by atoms with E-state index in [2.05, 4.69) is 4.72 Å². The first kappa shape index (κ1) is 15.8. The Morgan fingerprint density at radius 2 is 1.91 bits per heavy atom. The number of nitrogens with one attached hydrogen (secondary N) is 1. The van der Waals surface area contributed by atoms with Crippen molar-refractivity contribution >= 4 is 27.5 Å². The van der Waals surface area contributed by atoms with Crippen LogP contribution in [-0.4, -0.2) is 25.3 Å². The Morgan fingerprint density at radius 1 is 1.14 bits per heavy atom. The predicted octanol–water partition coefficient (Wildman–Crippen LogP) is 2.13. The van der Waals surface area contributed by atoms with Crippen LogP contribution in [0.3, 0.4) is 0 Å². The van der Waals surface area contributed by atoms with E-state index < -0.39 is 16.0 Å². The van der Waals surface area contributed by atoms with Crippen LogP contribution >= 0.6 is 0 Å². The van der Waals surface area contributed by atoms with Crippen LogP contribution in [0.15, 0.2) is 52.2 Å². The Morgan fingerprint density at radius 3 is 2.55 bits per heavy atom. The van der Waals surface area contributed by atoms with E-state index in [4.69, 9.17) is 9.52 Å². The second kappa shape index (κ2) is 6.44. The maximum absolute atomic E-state index is 12.0. The number of carboxylic acid groups (broad SMARTS) is 1. The minimum Gasteiger partial charge on any atom is -0.481 e. The van der Waals surface area contributed by atoms with Crippen LogP contribution in [-0.2, 0) is 14.8 Å². The third-order valence-corrected chi connectivity index (χ3v) is 4.03. The van der Waals surface area contributed by atoms with Gasteiger partial charge in [-0.2, -0.15) is 8.42 Å². The van der Waals surface area contributed by atoms with Crippen LogP contribution in [0, 0.1) is 0 Å². The van der Waals surface area contributed by atoms with Gasteiger partial charge in [0.15, 0.2) is 5.78 Å². The fraction of sp³-hybridized carbons (Fsp3) is 0.143. The number of furan rings is 1. The Bertz CT molecular complexity index is 779. The summed E-state index contributed by atoms with van der Waals surface area (Å²) in [5.41, 5.74) is 0.429. The molecule has 8 heteroatoms. The Balaban J connectivity index is 2.15. The highest BCUT2D eigenvalue weighted by molar-refractivity contribution is 7.92. The van der Waals surface area contributed by atoms with E-state index in [0.29, 0.717) is 0 Å². The van der Waals surface area contributed by atoms with Crippen molar-refractivity contribution in [3.05, 3.63) is 48.2 Å². The Hall–Kier alpha value is -2.61. The molecule has 1 heterocycles. The number of carbonyl (C=O) groups excluding carboxylic acids is 1. The summed E-state index contributed by atoms with van der Waals surface area (Å²) in [6.45, 7) is 0. The molecule has 0 fully saturated rings. The lowest BCUT2D eigenvalue weighted by Crippen LogP contribution is -2.12. The third kappa shape index (κ3) is 3.95. The van der Waals surface area contributed by atoms with Crippen molar-refractivity contribution in [1.82, 2.24) is 0 Å². The summed E-state index contributed by atoms with van der Waals surface area (Å²) in [6.07, 6.45) is 0.811. The van der Waals surface area contributed by atoms with Crippen molar-refractivity contribution < 1.29 is 27.5 Å². The minimum absolute atomic E-state index is 0.149. The quantitative estimate of drug-likeness (QED) is 0.754. The highest BCUT2D eigenvalue weighted by Crippen LogP contribution is 2.18. The van der Waals surface area contributed by atoms with Crippen molar-refractivity contribution in [3.63, 3.8) is 0 Å². The molecular weight excluding hydrogens is 310 g/mol. The molecule has 2 rings (SSSR count). The zero-order chi connectivity index (χ0) is 16.2. The van der Waals surface area contributed by atoms with Gasteiger partial charge in [-0.15, -0.1) is 0 Å². The van der Waals surface area contributed by atoms with Crippen molar-refractivity contribution in [2.75, 3.05) is 4.72 Å². The minimum atomic E-state index is -3.86. The molecule has 0 saturated carbocycles. The van der Waals surface area contributed by atoms with Crippen LogP contribution in [0.25, 0.3) is 0 Å². The summed E-state index contributed by atoms with van der Waals surface area (Å²) < 4.78 is 31.1. The molecule has 2 N–H and O–H groups in total. The number of rotatable bonds is 7. The van der Waals surface area contributed by atoms with E-state index >= 15 is 0 Å². The molecule has 7 nitrogen and oxygen atoms in total. The van der Waals surface area contributed by atoms with Gasteiger partial charge in [-0.1, -0.05) is 12.1 Å². The molecule has 0 aliphatic carbocycles. The van der Waals surface area contributed by atoms with E-state index in [-0.39, 0.29) is 35.0 Å². The van der Waals surface area contributed by atoms with Gasteiger partial charge >= 0.3 is 5.97 Å². The normalized spacial score (nSPS) is 11.1. The summed E-state index contributed by atoms with van der Waals surface area (Å²) in [5.74, 6) is -1.44. The molecule has 0 aliphatic heterocycles. The van der Waals surface area contributed by atoms with E-state index in [1.165, 1.54) is 42.7 Å². The standard InChI is InChI=1S/C14H13NO6S/c16-12(6-7-13(17)18)10-3-1-4-11(9-10)15-22(19,20)14-5-2-8-21-14/h1-5,8-9,15H,6-7H2,(H,17,18). The number of hydrogen-bond donors (Lipinski definition) is 2. The molecule has 1 aromatic heterocycles. The van der Waals surface area contributed by atoms with Gasteiger partial charge in [0.25, 0.3) is 10.0 Å². The molecule has 0 aliphatic rings. The van der Waals surface area contributed by atoms with Crippen molar-refractivity contribution in [1.29, 1.82) is 0 Å². The summed E-state index contributed by atoms with van der Waals surface area (Å²) in [6, 6.07) is 8.58. The second-order valence-corrected chi connectivity index (χ2v) is 6.05. The fourth-order valence-electron chi connectivity index (χ4n) is 1.74. The highest BCUT2D eigenvalue weighted by atomic mass is 32.2. The average Bonchev–Trinajstić information content (AvgIpc) is 2.99. The topological polar surface area (TPSA) is 114 Å². The molecule has 0 saturated heterocycles. The second-order valence-electron chi connectivity index (χ2n) is 4.44. The largest absolute Gasteiger partial charge is 0.481 e. The van der Waals surface area contributed by atoms with Gasteiger partial charge in [-0.3, -0.25) is 14.3 Å². The molecule has 2 aromatic rings. The number of sulfonamides is 1. The van der Waals surface area contributed by atoms with Gasteiger partial charge in [0, 0.05) is 17.7 Å². The summed E-state index contributed by atoms with van der Waals surface area (Å²) in [4.78, 5) is 22.3. The van der Waals surface area contributed by atoms with Crippen LogP contribution < -0.4 is 4.72 Å². The number of ketones is 1. The Labute approximate surface area is 126 Å². The van der Waals surface area contributed by atoms with Crippen molar-refractivity contribution in [2.45, 2.75) is 17.9 Å². The number of hydrogen-bond acceptors (Lipinski definition) is 5. The molecule has 0 spiro atoms. The lowest BCUT2D eigenvalue weighted by Gasteiger charge is -2.07. The lowest BCUT2D eigenvalue weighted by molar-refractivity contribution is -0.136. The molecule has 116 valence electrons. The molecule has 0 bridgehead atoms. The van der Waals surface area contributed by atoms with Crippen molar-refractivity contribution in [3.8, 4) is 0 Å². The smallest absolute Gasteiger partial charge is 0.303 e. The lowest BCUT2D eigenvalue weighted by atomic mass is 10.1. The number of anilines is 1. The predicted molar refractivity (Wildman–Crippen MR) is 77.2 cm³/mol. The summed E-state index contributed by atoms with van der Waals surface area (Å²) in [7, 11) is -3.86. The maximum atomic E-state index is 12.0. The van der Waals surface area contributed by atoms with Gasteiger partial charge in [-0.25, -0.2) is 0 Å². The third-order valence-electron chi connectivity index (χ3n) is 2.76. The summed E-state index contributed by atoms with van der Waals surface area (Å²) in [5, 5.41) is 8.33. The number of carbonyl (C=O) groups is 2. The zero-order valence-electron chi connectivity index (χ0n) is 11.4. The molecule has 22 heavy (non-hydrogen) atoms. The first-order chi connectivity index (χ1) is 10.4. The molecule has 0 radical (unpaired) electrons. The van der Waals surface area contributed by atoms with E-state index in [1.54, 1.807) is 0 Å². The molecule has 0 amide bonds. The zero-order valence-corrected chi connectivity index (χ0v) is 12.2. The Kier molecular flexibility index (Phi) is 4.62. The van der Waals surface area contributed by atoms with Gasteiger partial charge in [-0.05, 0) is 24.3 Å². The van der Waals surface area contributed by atoms with E-state index in [0.717, 1.165) is 0 Å². The van der Waals surface area contributed by atoms with Crippen LogP contribution in [0.4, 0.5) is 5.69 Å². The van der Waals surface area contributed by atoms with Crippen LogP contribution in [0.5, 0.6) is 0 Å². The number of aliphatic carboxylic acids is 1. The van der Waals surface area contributed by atoms with Crippen LogP contribution in [0.1, 0.15) is 23.2 Å². The molecule has 1 aromatic carbocycles. The number of benzene rings is 1. The van der Waals surface area contributed by atoms with E-state index in [1.807, 2.05) is 0 Å².